The van der Waals surface area contributed by atoms with Gasteiger partial charge in [-0.15, -0.1) is 0 Å². The smallest absolute Gasteiger partial charge is 0.0463 e. The van der Waals surface area contributed by atoms with Gasteiger partial charge < -0.3 is 0 Å². The molecule has 2 rings (SSSR count). The van der Waals surface area contributed by atoms with E-state index in [4.69, 9.17) is 5.84 Å². The summed E-state index contributed by atoms with van der Waals surface area (Å²) in [5.74, 6) is 5.67. The standard InChI is InChI=1S/C14H17BrN2S/c1-10-2-4-12(8-13(10)15)14(17-16)5-3-11-6-7-18-9-11/h2,4,6-9,14,17H,3,5,16H2,1H3. The summed E-state index contributed by atoms with van der Waals surface area (Å²) in [6.45, 7) is 2.09. The molecule has 2 nitrogen and oxygen atoms in total. The average molecular weight is 325 g/mol. The highest BCUT2D eigenvalue weighted by atomic mass is 79.9. The average Bonchev–Trinajstić information content (AvgIpc) is 2.87. The number of hydrazine groups is 1. The number of benzene rings is 1. The second-order valence-corrected chi connectivity index (χ2v) is 6.03. The van der Waals surface area contributed by atoms with Crippen LogP contribution in [0.3, 0.4) is 0 Å². The minimum atomic E-state index is 0.196. The van der Waals surface area contributed by atoms with Gasteiger partial charge in [-0.1, -0.05) is 28.1 Å². The fraction of sp³-hybridized carbons (Fsp3) is 0.286. The molecule has 0 aliphatic carbocycles. The number of hydrogen-bond acceptors (Lipinski definition) is 3. The van der Waals surface area contributed by atoms with Gasteiger partial charge in [0, 0.05) is 10.5 Å². The molecular weight excluding hydrogens is 308 g/mol. The van der Waals surface area contributed by atoms with Crippen molar-refractivity contribution in [3.05, 3.63) is 56.2 Å². The van der Waals surface area contributed by atoms with E-state index in [9.17, 15) is 0 Å². The number of nitrogens with two attached hydrogens (primary N) is 1. The van der Waals surface area contributed by atoms with Gasteiger partial charge in [-0.3, -0.25) is 11.3 Å². The minimum absolute atomic E-state index is 0.196. The first kappa shape index (κ1) is 13.7. The molecular formula is C14H17BrN2S. The van der Waals surface area contributed by atoms with Gasteiger partial charge in [0.05, 0.1) is 0 Å². The second-order valence-electron chi connectivity index (χ2n) is 4.40. The topological polar surface area (TPSA) is 38.0 Å². The van der Waals surface area contributed by atoms with Gasteiger partial charge in [-0.2, -0.15) is 11.3 Å². The van der Waals surface area contributed by atoms with Crippen LogP contribution in [0.1, 0.15) is 29.2 Å². The Morgan fingerprint density at radius 1 is 1.39 bits per heavy atom. The van der Waals surface area contributed by atoms with Crippen molar-refractivity contribution in [2.75, 3.05) is 0 Å². The molecule has 0 saturated carbocycles. The molecule has 1 atom stereocenters. The number of aryl methyl sites for hydroxylation is 2. The lowest BCUT2D eigenvalue weighted by molar-refractivity contribution is 0.516. The first-order valence-electron chi connectivity index (χ1n) is 5.94. The predicted octanol–water partition coefficient (Wildman–Crippen LogP) is 3.96. The fourth-order valence-corrected chi connectivity index (χ4v) is 3.02. The van der Waals surface area contributed by atoms with Crippen molar-refractivity contribution in [2.45, 2.75) is 25.8 Å². The summed E-state index contributed by atoms with van der Waals surface area (Å²) in [6, 6.07) is 8.77. The molecule has 18 heavy (non-hydrogen) atoms. The van der Waals surface area contributed by atoms with Crippen molar-refractivity contribution in [3.8, 4) is 0 Å². The molecule has 0 aliphatic heterocycles. The maximum absolute atomic E-state index is 5.67. The molecule has 1 aromatic heterocycles. The molecule has 4 heteroatoms. The molecule has 1 aromatic carbocycles. The highest BCUT2D eigenvalue weighted by Crippen LogP contribution is 2.24. The van der Waals surface area contributed by atoms with Crippen LogP contribution in [-0.4, -0.2) is 0 Å². The molecule has 0 saturated heterocycles. The lowest BCUT2D eigenvalue weighted by atomic mass is 10.00. The Hall–Kier alpha value is -0.680. The number of thiophene rings is 1. The zero-order valence-electron chi connectivity index (χ0n) is 10.3. The van der Waals surface area contributed by atoms with Crippen molar-refractivity contribution in [1.29, 1.82) is 0 Å². The monoisotopic (exact) mass is 324 g/mol. The Morgan fingerprint density at radius 3 is 2.83 bits per heavy atom. The molecule has 0 spiro atoms. The molecule has 0 radical (unpaired) electrons. The van der Waals surface area contributed by atoms with Gasteiger partial charge in [0.1, 0.15) is 0 Å². The van der Waals surface area contributed by atoms with E-state index in [2.05, 4.69) is 63.3 Å². The van der Waals surface area contributed by atoms with Crippen LogP contribution in [0, 0.1) is 6.92 Å². The van der Waals surface area contributed by atoms with Gasteiger partial charge in [-0.25, -0.2) is 0 Å². The summed E-state index contributed by atoms with van der Waals surface area (Å²) in [5, 5.41) is 4.31. The Morgan fingerprint density at radius 2 is 2.22 bits per heavy atom. The van der Waals surface area contributed by atoms with Crippen LogP contribution in [0.25, 0.3) is 0 Å². The van der Waals surface area contributed by atoms with Gasteiger partial charge in [-0.05, 0) is 59.3 Å². The quantitative estimate of drug-likeness (QED) is 0.645. The van der Waals surface area contributed by atoms with Crippen molar-refractivity contribution in [3.63, 3.8) is 0 Å². The number of hydrogen-bond donors (Lipinski definition) is 2. The SMILES string of the molecule is Cc1ccc(C(CCc2ccsc2)NN)cc1Br. The van der Waals surface area contributed by atoms with Gasteiger partial charge >= 0.3 is 0 Å². The molecule has 0 bridgehead atoms. The lowest BCUT2D eigenvalue weighted by Gasteiger charge is -2.17. The number of halogens is 1. The summed E-state index contributed by atoms with van der Waals surface area (Å²) in [5.41, 5.74) is 6.76. The largest absolute Gasteiger partial charge is 0.271 e. The molecule has 96 valence electrons. The van der Waals surface area contributed by atoms with Crippen molar-refractivity contribution >= 4 is 27.3 Å². The maximum Gasteiger partial charge on any atom is 0.0463 e. The molecule has 3 N–H and O–H groups in total. The minimum Gasteiger partial charge on any atom is -0.271 e. The van der Waals surface area contributed by atoms with Crippen molar-refractivity contribution in [1.82, 2.24) is 5.43 Å². The molecule has 2 aromatic rings. The summed E-state index contributed by atoms with van der Waals surface area (Å²) in [7, 11) is 0. The van der Waals surface area contributed by atoms with Gasteiger partial charge in [0.15, 0.2) is 0 Å². The number of rotatable bonds is 5. The summed E-state index contributed by atoms with van der Waals surface area (Å²) in [4.78, 5) is 0. The lowest BCUT2D eigenvalue weighted by Crippen LogP contribution is -2.28. The second kappa shape index (κ2) is 6.48. The Kier molecular flexibility index (Phi) is 4.95. The molecule has 1 heterocycles. The first-order valence-corrected chi connectivity index (χ1v) is 7.67. The van der Waals surface area contributed by atoms with Crippen LogP contribution >= 0.6 is 27.3 Å². The summed E-state index contributed by atoms with van der Waals surface area (Å²) < 4.78 is 1.13. The van der Waals surface area contributed by atoms with Gasteiger partial charge in [0.25, 0.3) is 0 Å². The molecule has 0 fully saturated rings. The normalized spacial score (nSPS) is 12.6. The van der Waals surface area contributed by atoms with Crippen LogP contribution in [0.5, 0.6) is 0 Å². The molecule has 1 unspecified atom stereocenters. The van der Waals surface area contributed by atoms with Crippen molar-refractivity contribution in [2.24, 2.45) is 5.84 Å². The first-order chi connectivity index (χ1) is 8.70. The van der Waals surface area contributed by atoms with Gasteiger partial charge in [0.2, 0.25) is 0 Å². The maximum atomic E-state index is 5.67. The molecule has 0 amide bonds. The van der Waals surface area contributed by atoms with Crippen LogP contribution < -0.4 is 11.3 Å². The predicted molar refractivity (Wildman–Crippen MR) is 81.6 cm³/mol. The van der Waals surface area contributed by atoms with Crippen LogP contribution in [0.4, 0.5) is 0 Å². The zero-order valence-corrected chi connectivity index (χ0v) is 12.7. The Labute approximate surface area is 120 Å². The highest BCUT2D eigenvalue weighted by molar-refractivity contribution is 9.10. The van der Waals surface area contributed by atoms with E-state index in [-0.39, 0.29) is 6.04 Å². The van der Waals surface area contributed by atoms with E-state index in [0.717, 1.165) is 17.3 Å². The van der Waals surface area contributed by atoms with Crippen LogP contribution in [-0.2, 0) is 6.42 Å². The van der Waals surface area contributed by atoms with E-state index >= 15 is 0 Å². The fourth-order valence-electron chi connectivity index (χ4n) is 1.92. The summed E-state index contributed by atoms with van der Waals surface area (Å²) in [6.07, 6.45) is 2.05. The Bertz CT molecular complexity index is 497. The van der Waals surface area contributed by atoms with Crippen molar-refractivity contribution < 1.29 is 0 Å². The van der Waals surface area contributed by atoms with E-state index in [1.54, 1.807) is 11.3 Å². The van der Waals surface area contributed by atoms with Crippen LogP contribution in [0.15, 0.2) is 39.5 Å². The van der Waals surface area contributed by atoms with E-state index in [1.165, 1.54) is 16.7 Å². The van der Waals surface area contributed by atoms with E-state index in [1.807, 2.05) is 0 Å². The van der Waals surface area contributed by atoms with E-state index < -0.39 is 0 Å². The van der Waals surface area contributed by atoms with Crippen LogP contribution in [0.2, 0.25) is 0 Å². The third-order valence-corrected chi connectivity index (χ3v) is 4.69. The molecule has 0 aliphatic rings. The highest BCUT2D eigenvalue weighted by Gasteiger charge is 2.11. The van der Waals surface area contributed by atoms with E-state index in [0.29, 0.717) is 0 Å². The third-order valence-electron chi connectivity index (χ3n) is 3.10. The Balaban J connectivity index is 2.05. The third kappa shape index (κ3) is 3.42. The zero-order chi connectivity index (χ0) is 13.0. The summed E-state index contributed by atoms with van der Waals surface area (Å²) >= 11 is 5.31. The number of nitrogens with one attached hydrogen (secondary N) is 1.